The van der Waals surface area contributed by atoms with Crippen molar-refractivity contribution in [3.8, 4) is 0 Å². The molecule has 0 aromatic carbocycles. The Labute approximate surface area is 71.4 Å². The maximum Gasteiger partial charge on any atom is 0.160 e. The van der Waals surface area contributed by atoms with E-state index >= 15 is 0 Å². The van der Waals surface area contributed by atoms with Crippen molar-refractivity contribution >= 4 is 0 Å². The van der Waals surface area contributed by atoms with Gasteiger partial charge in [-0.25, -0.2) is 0 Å². The van der Waals surface area contributed by atoms with Gasteiger partial charge in [-0.2, -0.15) is 0 Å². The largest absolute Gasteiger partial charge is 0.390 e. The van der Waals surface area contributed by atoms with Crippen molar-refractivity contribution in [3.05, 3.63) is 12.7 Å². The summed E-state index contributed by atoms with van der Waals surface area (Å²) in [5.41, 5.74) is 0. The van der Waals surface area contributed by atoms with Gasteiger partial charge in [-0.05, 0) is 0 Å². The van der Waals surface area contributed by atoms with Crippen molar-refractivity contribution in [2.24, 2.45) is 0 Å². The molecule has 1 aliphatic heterocycles. The lowest BCUT2D eigenvalue weighted by molar-refractivity contribution is -0.212. The minimum absolute atomic E-state index is 0.128. The van der Waals surface area contributed by atoms with E-state index in [0.29, 0.717) is 13.0 Å². The molecular weight excluding hydrogens is 160 g/mol. The van der Waals surface area contributed by atoms with Crippen LogP contribution in [0.25, 0.3) is 0 Å². The maximum atomic E-state index is 9.21. The first-order chi connectivity index (χ1) is 5.74. The Morgan fingerprint density at radius 3 is 2.83 bits per heavy atom. The predicted octanol–water partition coefficient (Wildman–Crippen LogP) is -0.343. The summed E-state index contributed by atoms with van der Waals surface area (Å²) < 4.78 is 10.2. The molecule has 4 heteroatoms. The number of hydrogen-bond donors (Lipinski definition) is 2. The van der Waals surface area contributed by atoms with Gasteiger partial charge in [-0.1, -0.05) is 6.08 Å². The number of hydrogen-bond acceptors (Lipinski definition) is 4. The summed E-state index contributed by atoms with van der Waals surface area (Å²) in [6, 6.07) is 0. The predicted molar refractivity (Wildman–Crippen MR) is 42.5 cm³/mol. The smallest absolute Gasteiger partial charge is 0.160 e. The van der Waals surface area contributed by atoms with E-state index in [1.54, 1.807) is 6.08 Å². The summed E-state index contributed by atoms with van der Waals surface area (Å²) in [6.45, 7) is 4.01. The van der Waals surface area contributed by atoms with Gasteiger partial charge in [0.2, 0.25) is 0 Å². The van der Waals surface area contributed by atoms with Gasteiger partial charge in [0.05, 0.1) is 19.3 Å². The third-order valence-electron chi connectivity index (χ3n) is 1.73. The third kappa shape index (κ3) is 2.57. The topological polar surface area (TPSA) is 58.9 Å². The molecule has 1 unspecified atom stereocenters. The fourth-order valence-electron chi connectivity index (χ4n) is 1.03. The molecule has 4 nitrogen and oxygen atoms in total. The van der Waals surface area contributed by atoms with E-state index < -0.39 is 18.5 Å². The van der Waals surface area contributed by atoms with Crippen LogP contribution in [-0.2, 0) is 9.47 Å². The molecule has 0 aromatic heterocycles. The molecule has 3 atom stereocenters. The van der Waals surface area contributed by atoms with E-state index in [1.807, 2.05) is 0 Å². The molecule has 0 aliphatic carbocycles. The van der Waals surface area contributed by atoms with Gasteiger partial charge in [-0.3, -0.25) is 0 Å². The van der Waals surface area contributed by atoms with Crippen molar-refractivity contribution in [1.29, 1.82) is 0 Å². The highest BCUT2D eigenvalue weighted by Crippen LogP contribution is 2.14. The zero-order chi connectivity index (χ0) is 8.97. The highest BCUT2D eigenvalue weighted by molar-refractivity contribution is 4.74. The number of aliphatic hydroxyl groups excluding tert-OH is 2. The van der Waals surface area contributed by atoms with Gasteiger partial charge >= 0.3 is 0 Å². The molecule has 1 aliphatic rings. The molecule has 1 rings (SSSR count). The summed E-state index contributed by atoms with van der Waals surface area (Å²) >= 11 is 0. The monoisotopic (exact) mass is 174 g/mol. The Kier molecular flexibility index (Phi) is 3.68. The molecule has 0 spiro atoms. The van der Waals surface area contributed by atoms with Crippen LogP contribution in [0.4, 0.5) is 0 Å². The second-order valence-electron chi connectivity index (χ2n) is 2.76. The van der Waals surface area contributed by atoms with Crippen LogP contribution in [0.5, 0.6) is 0 Å². The van der Waals surface area contributed by atoms with Crippen LogP contribution >= 0.6 is 0 Å². The van der Waals surface area contributed by atoms with Gasteiger partial charge in [-0.15, -0.1) is 6.58 Å². The van der Waals surface area contributed by atoms with Crippen molar-refractivity contribution in [3.63, 3.8) is 0 Å². The van der Waals surface area contributed by atoms with Gasteiger partial charge in [0.1, 0.15) is 6.10 Å². The molecule has 12 heavy (non-hydrogen) atoms. The van der Waals surface area contributed by atoms with E-state index in [1.165, 1.54) is 0 Å². The number of ether oxygens (including phenoxy) is 2. The minimum Gasteiger partial charge on any atom is -0.390 e. The molecule has 0 saturated carbocycles. The standard InChI is InChI=1S/C8H14O4/c1-2-3-11-8-4-6(9)7(10)5-12-8/h2,6-10H,1,3-5H2/t6-,7+,8?/m0/s1. The summed E-state index contributed by atoms with van der Waals surface area (Å²) in [6.07, 6.45) is -0.0148. The van der Waals surface area contributed by atoms with Crippen molar-refractivity contribution < 1.29 is 19.7 Å². The van der Waals surface area contributed by atoms with Gasteiger partial charge < -0.3 is 19.7 Å². The van der Waals surface area contributed by atoms with Crippen LogP contribution in [0.3, 0.4) is 0 Å². The quantitative estimate of drug-likeness (QED) is 0.574. The van der Waals surface area contributed by atoms with Gasteiger partial charge in [0, 0.05) is 6.42 Å². The lowest BCUT2D eigenvalue weighted by Crippen LogP contribution is -2.42. The maximum absolute atomic E-state index is 9.21. The summed E-state index contributed by atoms with van der Waals surface area (Å²) in [5.74, 6) is 0. The summed E-state index contributed by atoms with van der Waals surface area (Å²) in [7, 11) is 0. The summed E-state index contributed by atoms with van der Waals surface area (Å²) in [4.78, 5) is 0. The second-order valence-corrected chi connectivity index (χ2v) is 2.76. The fraction of sp³-hybridized carbons (Fsp3) is 0.750. The molecular formula is C8H14O4. The lowest BCUT2D eigenvalue weighted by atomic mass is 10.1. The molecule has 70 valence electrons. The Bertz CT molecular complexity index is 148. The lowest BCUT2D eigenvalue weighted by Gasteiger charge is -2.29. The molecule has 0 aromatic rings. The fourth-order valence-corrected chi connectivity index (χ4v) is 1.03. The van der Waals surface area contributed by atoms with Crippen LogP contribution < -0.4 is 0 Å². The minimum atomic E-state index is -0.784. The molecule has 0 radical (unpaired) electrons. The average Bonchev–Trinajstić information content (AvgIpc) is 2.07. The van der Waals surface area contributed by atoms with Crippen molar-refractivity contribution in [2.45, 2.75) is 24.9 Å². The second kappa shape index (κ2) is 4.57. The Balaban J connectivity index is 2.25. The van der Waals surface area contributed by atoms with Crippen LogP contribution in [0.2, 0.25) is 0 Å². The highest BCUT2D eigenvalue weighted by Gasteiger charge is 2.28. The highest BCUT2D eigenvalue weighted by atomic mass is 16.7. The van der Waals surface area contributed by atoms with Crippen LogP contribution in [0.1, 0.15) is 6.42 Å². The van der Waals surface area contributed by atoms with E-state index in [2.05, 4.69) is 6.58 Å². The van der Waals surface area contributed by atoms with Crippen molar-refractivity contribution in [1.82, 2.24) is 0 Å². The van der Waals surface area contributed by atoms with Gasteiger partial charge in [0.25, 0.3) is 0 Å². The number of aliphatic hydroxyl groups is 2. The molecule has 1 saturated heterocycles. The first kappa shape index (κ1) is 9.67. The third-order valence-corrected chi connectivity index (χ3v) is 1.73. The van der Waals surface area contributed by atoms with E-state index in [0.717, 1.165) is 0 Å². The first-order valence-corrected chi connectivity index (χ1v) is 3.94. The molecule has 2 N–H and O–H groups in total. The van der Waals surface area contributed by atoms with E-state index in [4.69, 9.17) is 14.6 Å². The average molecular weight is 174 g/mol. The Morgan fingerprint density at radius 1 is 1.50 bits per heavy atom. The normalized spacial score (nSPS) is 36.3. The zero-order valence-corrected chi connectivity index (χ0v) is 6.85. The summed E-state index contributed by atoms with van der Waals surface area (Å²) in [5, 5.41) is 18.3. The zero-order valence-electron chi connectivity index (χ0n) is 6.85. The first-order valence-electron chi connectivity index (χ1n) is 3.94. The SMILES string of the molecule is C=CCOC1C[C@H](O)[C@H](O)CO1. The molecule has 1 heterocycles. The van der Waals surface area contributed by atoms with Crippen molar-refractivity contribution in [2.75, 3.05) is 13.2 Å². The van der Waals surface area contributed by atoms with Crippen LogP contribution in [-0.4, -0.2) is 41.9 Å². The van der Waals surface area contributed by atoms with Crippen LogP contribution in [0, 0.1) is 0 Å². The Hall–Kier alpha value is -0.420. The molecule has 0 amide bonds. The van der Waals surface area contributed by atoms with Gasteiger partial charge in [0.15, 0.2) is 6.29 Å². The Morgan fingerprint density at radius 2 is 2.25 bits per heavy atom. The van der Waals surface area contributed by atoms with E-state index in [9.17, 15) is 5.11 Å². The van der Waals surface area contributed by atoms with E-state index in [-0.39, 0.29) is 6.61 Å². The number of rotatable bonds is 3. The van der Waals surface area contributed by atoms with Crippen LogP contribution in [0.15, 0.2) is 12.7 Å². The molecule has 0 bridgehead atoms. The molecule has 1 fully saturated rings.